The summed E-state index contributed by atoms with van der Waals surface area (Å²) in [5, 5.41) is 12.7. The minimum absolute atomic E-state index is 0.182. The number of nitrogens with one attached hydrogen (secondary N) is 1. The molecule has 13 heavy (non-hydrogen) atoms. The van der Waals surface area contributed by atoms with Crippen LogP contribution in [0.3, 0.4) is 0 Å². The molecule has 72 valence electrons. The van der Waals surface area contributed by atoms with Crippen molar-refractivity contribution >= 4 is 11.5 Å². The molecule has 0 saturated carbocycles. The van der Waals surface area contributed by atoms with Gasteiger partial charge in [0.15, 0.2) is 0 Å². The quantitative estimate of drug-likeness (QED) is 0.716. The van der Waals surface area contributed by atoms with E-state index in [1.807, 2.05) is 6.07 Å². The lowest BCUT2D eigenvalue weighted by molar-refractivity contribution is 0.179. The van der Waals surface area contributed by atoms with E-state index in [4.69, 9.17) is 4.74 Å². The number of aromatic nitrogens is 1. The van der Waals surface area contributed by atoms with Crippen molar-refractivity contribution in [1.29, 1.82) is 0 Å². The van der Waals surface area contributed by atoms with Gasteiger partial charge in [-0.2, -0.15) is 4.37 Å². The van der Waals surface area contributed by atoms with Crippen LogP contribution in [0.5, 0.6) is 5.88 Å². The lowest BCUT2D eigenvalue weighted by atomic mass is 10.1. The SMILES string of the molecule is COc1cc([C@@H]2CNC[C@H]2O)sn1. The molecular weight excluding hydrogens is 188 g/mol. The van der Waals surface area contributed by atoms with Gasteiger partial charge in [-0.25, -0.2) is 0 Å². The maximum absolute atomic E-state index is 9.60. The predicted molar refractivity (Wildman–Crippen MR) is 50.3 cm³/mol. The maximum atomic E-state index is 9.60. The molecule has 2 N–H and O–H groups in total. The Morgan fingerprint density at radius 2 is 2.54 bits per heavy atom. The summed E-state index contributed by atoms with van der Waals surface area (Å²) in [4.78, 5) is 1.09. The summed E-state index contributed by atoms with van der Waals surface area (Å²) in [6.07, 6.45) is -0.287. The highest BCUT2D eigenvalue weighted by Crippen LogP contribution is 2.29. The Bertz CT molecular complexity index is 289. The largest absolute Gasteiger partial charge is 0.480 e. The van der Waals surface area contributed by atoms with Gasteiger partial charge in [0, 0.05) is 30.0 Å². The normalized spacial score (nSPS) is 27.8. The van der Waals surface area contributed by atoms with Gasteiger partial charge in [0.25, 0.3) is 0 Å². The molecule has 1 aliphatic rings. The molecule has 0 aromatic carbocycles. The number of ether oxygens (including phenoxy) is 1. The van der Waals surface area contributed by atoms with Crippen LogP contribution in [0.2, 0.25) is 0 Å². The average Bonchev–Trinajstić information content (AvgIpc) is 2.71. The zero-order valence-electron chi connectivity index (χ0n) is 7.36. The fraction of sp³-hybridized carbons (Fsp3) is 0.625. The highest BCUT2D eigenvalue weighted by Gasteiger charge is 2.28. The van der Waals surface area contributed by atoms with Crippen LogP contribution in [-0.2, 0) is 0 Å². The Morgan fingerprint density at radius 1 is 1.69 bits per heavy atom. The molecule has 2 atom stereocenters. The first kappa shape index (κ1) is 8.93. The van der Waals surface area contributed by atoms with Gasteiger partial charge in [-0.1, -0.05) is 0 Å². The second-order valence-corrected chi connectivity index (χ2v) is 3.94. The van der Waals surface area contributed by atoms with E-state index in [-0.39, 0.29) is 12.0 Å². The summed E-state index contributed by atoms with van der Waals surface area (Å²) >= 11 is 1.40. The number of hydrogen-bond donors (Lipinski definition) is 2. The minimum Gasteiger partial charge on any atom is -0.480 e. The topological polar surface area (TPSA) is 54.4 Å². The zero-order chi connectivity index (χ0) is 9.26. The zero-order valence-corrected chi connectivity index (χ0v) is 8.17. The van der Waals surface area contributed by atoms with E-state index in [2.05, 4.69) is 9.69 Å². The van der Waals surface area contributed by atoms with Crippen molar-refractivity contribution in [3.8, 4) is 5.88 Å². The molecule has 1 fully saturated rings. The molecule has 0 aliphatic carbocycles. The van der Waals surface area contributed by atoms with Gasteiger partial charge in [0.1, 0.15) is 0 Å². The molecular formula is C8H12N2O2S. The Labute approximate surface area is 80.7 Å². The van der Waals surface area contributed by atoms with Crippen LogP contribution in [0.15, 0.2) is 6.07 Å². The Hall–Kier alpha value is -0.650. The second-order valence-electron chi connectivity index (χ2n) is 3.10. The molecule has 1 aromatic heterocycles. The molecule has 0 spiro atoms. The van der Waals surface area contributed by atoms with Gasteiger partial charge in [-0.3, -0.25) is 0 Å². The van der Waals surface area contributed by atoms with E-state index in [1.165, 1.54) is 11.5 Å². The number of hydrogen-bond acceptors (Lipinski definition) is 5. The van der Waals surface area contributed by atoms with Gasteiger partial charge >= 0.3 is 0 Å². The van der Waals surface area contributed by atoms with Crippen LogP contribution < -0.4 is 10.1 Å². The number of aliphatic hydroxyl groups excluding tert-OH is 1. The highest BCUT2D eigenvalue weighted by atomic mass is 32.1. The number of methoxy groups -OCH3 is 1. The molecule has 5 heteroatoms. The fourth-order valence-electron chi connectivity index (χ4n) is 1.50. The minimum atomic E-state index is -0.287. The van der Waals surface area contributed by atoms with Crippen molar-refractivity contribution in [2.45, 2.75) is 12.0 Å². The van der Waals surface area contributed by atoms with Crippen molar-refractivity contribution in [1.82, 2.24) is 9.69 Å². The Balaban J connectivity index is 2.15. The summed E-state index contributed by atoms with van der Waals surface area (Å²) in [7, 11) is 1.60. The van der Waals surface area contributed by atoms with Crippen molar-refractivity contribution in [3.05, 3.63) is 10.9 Å². The third kappa shape index (κ3) is 1.67. The van der Waals surface area contributed by atoms with E-state index in [0.717, 1.165) is 11.4 Å². The standard InChI is InChI=1S/C8H12N2O2S/c1-12-8-2-7(13-10-8)5-3-9-4-6(5)11/h2,5-6,9,11H,3-4H2,1H3/t5-,6-/m1/s1. The van der Waals surface area contributed by atoms with Crippen LogP contribution in [0.25, 0.3) is 0 Å². The molecule has 0 unspecified atom stereocenters. The van der Waals surface area contributed by atoms with Crippen LogP contribution in [-0.4, -0.2) is 35.8 Å². The first-order chi connectivity index (χ1) is 6.31. The van der Waals surface area contributed by atoms with Gasteiger partial charge in [-0.05, 0) is 11.5 Å². The first-order valence-corrected chi connectivity index (χ1v) is 4.98. The average molecular weight is 200 g/mol. The molecule has 2 heterocycles. The molecule has 0 radical (unpaired) electrons. The molecule has 1 aliphatic heterocycles. The van der Waals surface area contributed by atoms with Gasteiger partial charge in [-0.15, -0.1) is 0 Å². The summed E-state index contributed by atoms with van der Waals surface area (Å²) in [5.74, 6) is 0.820. The molecule has 1 aromatic rings. The number of rotatable bonds is 2. The fourth-order valence-corrected chi connectivity index (χ4v) is 2.35. The van der Waals surface area contributed by atoms with Gasteiger partial charge in [0.2, 0.25) is 5.88 Å². The van der Waals surface area contributed by atoms with Crippen LogP contribution >= 0.6 is 11.5 Å². The molecule has 1 saturated heterocycles. The monoisotopic (exact) mass is 200 g/mol. The van der Waals surface area contributed by atoms with Crippen LogP contribution in [0.4, 0.5) is 0 Å². The van der Waals surface area contributed by atoms with Crippen molar-refractivity contribution < 1.29 is 9.84 Å². The number of β-amino-alcohol motifs (C(OH)–C–C–N with tert-alkyl or cyclic N) is 1. The molecule has 0 bridgehead atoms. The predicted octanol–water partition coefficient (Wildman–Crippen LogP) is 0.199. The van der Waals surface area contributed by atoms with E-state index in [9.17, 15) is 5.11 Å². The lowest BCUT2D eigenvalue weighted by Crippen LogP contribution is -2.15. The van der Waals surface area contributed by atoms with Crippen molar-refractivity contribution in [2.24, 2.45) is 0 Å². The number of nitrogens with zero attached hydrogens (tertiary/aromatic N) is 1. The molecule has 4 nitrogen and oxygen atoms in total. The van der Waals surface area contributed by atoms with E-state index in [1.54, 1.807) is 7.11 Å². The Kier molecular flexibility index (Phi) is 2.48. The Morgan fingerprint density at radius 3 is 3.08 bits per heavy atom. The molecule has 0 amide bonds. The van der Waals surface area contributed by atoms with E-state index in [0.29, 0.717) is 12.4 Å². The maximum Gasteiger partial charge on any atom is 0.225 e. The van der Waals surface area contributed by atoms with E-state index >= 15 is 0 Å². The summed E-state index contributed by atoms with van der Waals surface area (Å²) in [5.41, 5.74) is 0. The lowest BCUT2D eigenvalue weighted by Gasteiger charge is -2.08. The van der Waals surface area contributed by atoms with Gasteiger partial charge in [0.05, 0.1) is 13.2 Å². The molecule has 2 rings (SSSR count). The third-order valence-electron chi connectivity index (χ3n) is 2.26. The second kappa shape index (κ2) is 3.61. The van der Waals surface area contributed by atoms with Gasteiger partial charge < -0.3 is 15.2 Å². The van der Waals surface area contributed by atoms with Crippen LogP contribution in [0, 0.1) is 0 Å². The van der Waals surface area contributed by atoms with E-state index < -0.39 is 0 Å². The summed E-state index contributed by atoms with van der Waals surface area (Å²) in [6, 6.07) is 1.89. The summed E-state index contributed by atoms with van der Waals surface area (Å²) in [6.45, 7) is 1.50. The van der Waals surface area contributed by atoms with Crippen LogP contribution in [0.1, 0.15) is 10.8 Å². The third-order valence-corrected chi connectivity index (χ3v) is 3.17. The smallest absolute Gasteiger partial charge is 0.225 e. The highest BCUT2D eigenvalue weighted by molar-refractivity contribution is 7.06. The van der Waals surface area contributed by atoms with Crippen molar-refractivity contribution in [3.63, 3.8) is 0 Å². The van der Waals surface area contributed by atoms with Crippen molar-refractivity contribution in [2.75, 3.05) is 20.2 Å². The number of aliphatic hydroxyl groups is 1. The first-order valence-electron chi connectivity index (χ1n) is 4.20. The summed E-state index contributed by atoms with van der Waals surface area (Å²) < 4.78 is 9.08.